The molecule has 4 atom stereocenters. The molecule has 1 aromatic carbocycles. The van der Waals surface area contributed by atoms with Gasteiger partial charge in [-0.1, -0.05) is 24.3 Å². The number of rotatable bonds is 3. The van der Waals surface area contributed by atoms with Crippen molar-refractivity contribution in [3.05, 3.63) is 60.9 Å². The molecule has 3 heterocycles. The molecule has 1 fully saturated rings. The van der Waals surface area contributed by atoms with E-state index in [1.54, 1.807) is 6.33 Å². The molecule has 1 aliphatic carbocycles. The lowest BCUT2D eigenvalue weighted by Gasteiger charge is -2.16. The topological polar surface area (TPSA) is 72.2 Å². The van der Waals surface area contributed by atoms with Gasteiger partial charge in [0, 0.05) is 12.6 Å². The molecule has 1 aliphatic heterocycles. The zero-order valence-electron chi connectivity index (χ0n) is 14.4. The number of ether oxygens (including phenoxy) is 1. The Morgan fingerprint density at radius 2 is 2.12 bits per heavy atom. The van der Waals surface area contributed by atoms with Crippen molar-refractivity contribution in [1.29, 1.82) is 0 Å². The second-order valence-electron chi connectivity index (χ2n) is 7.05. The molecular formula is C20H21N4O2. The molecule has 0 bridgehead atoms. The highest BCUT2D eigenvalue weighted by Gasteiger charge is 2.33. The van der Waals surface area contributed by atoms with Gasteiger partial charge in [0.05, 0.1) is 23.6 Å². The molecule has 0 amide bonds. The van der Waals surface area contributed by atoms with Gasteiger partial charge in [-0.2, -0.15) is 0 Å². The number of fused-ring (bicyclic) bond motifs is 2. The minimum Gasteiger partial charge on any atom is -0.390 e. The van der Waals surface area contributed by atoms with Crippen LogP contribution in [0, 0.1) is 6.92 Å². The average molecular weight is 349 g/mol. The lowest BCUT2D eigenvalue weighted by Crippen LogP contribution is -2.15. The Balaban J connectivity index is 1.47. The third kappa shape index (κ3) is 2.48. The van der Waals surface area contributed by atoms with Crippen LogP contribution in [0.15, 0.2) is 42.9 Å². The molecule has 26 heavy (non-hydrogen) atoms. The van der Waals surface area contributed by atoms with Crippen molar-refractivity contribution >= 4 is 16.9 Å². The third-order valence-electron chi connectivity index (χ3n) is 5.47. The third-order valence-corrected chi connectivity index (χ3v) is 5.47. The summed E-state index contributed by atoms with van der Waals surface area (Å²) in [5, 5.41) is 14.5. The number of nitrogens with one attached hydrogen (secondary N) is 1. The molecule has 3 aromatic rings. The van der Waals surface area contributed by atoms with Crippen LogP contribution in [0.3, 0.4) is 0 Å². The fourth-order valence-electron chi connectivity index (χ4n) is 4.08. The average Bonchev–Trinajstić information content (AvgIpc) is 3.34. The molecule has 2 N–H and O–H groups in total. The molecular weight excluding hydrogens is 328 g/mol. The Bertz CT molecular complexity index is 944. The van der Waals surface area contributed by atoms with Gasteiger partial charge >= 0.3 is 0 Å². The molecule has 2 aliphatic rings. The Labute approximate surface area is 151 Å². The standard InChI is InChI=1S/C20H21N4O2/c1-12-17(25)10-18(26-12)24-9-8-15-19(21-11-22-20(15)24)23-16-7-6-13-4-2-3-5-14(13)16/h2-5,8-9,11-12,16-18,25H,1,6-7,10H2,(H,21,22,23)/t12-,16-,17-,18+/m0/s1. The highest BCUT2D eigenvalue weighted by molar-refractivity contribution is 5.87. The van der Waals surface area contributed by atoms with Crippen molar-refractivity contribution in [2.24, 2.45) is 0 Å². The molecule has 5 rings (SSSR count). The minimum absolute atomic E-state index is 0.250. The number of aliphatic hydroxyl groups is 1. The van der Waals surface area contributed by atoms with Crippen LogP contribution in [0.2, 0.25) is 0 Å². The highest BCUT2D eigenvalue weighted by atomic mass is 16.5. The molecule has 1 saturated heterocycles. The predicted molar refractivity (Wildman–Crippen MR) is 98.5 cm³/mol. The van der Waals surface area contributed by atoms with Gasteiger partial charge in [-0.3, -0.25) is 0 Å². The van der Waals surface area contributed by atoms with Gasteiger partial charge in [0.15, 0.2) is 0 Å². The lowest BCUT2D eigenvalue weighted by atomic mass is 10.1. The van der Waals surface area contributed by atoms with E-state index in [-0.39, 0.29) is 12.3 Å². The van der Waals surface area contributed by atoms with Gasteiger partial charge < -0.3 is 19.7 Å². The van der Waals surface area contributed by atoms with E-state index < -0.39 is 12.2 Å². The highest BCUT2D eigenvalue weighted by Crippen LogP contribution is 2.36. The Hall–Kier alpha value is -2.44. The van der Waals surface area contributed by atoms with Crippen molar-refractivity contribution in [2.75, 3.05) is 5.32 Å². The molecule has 0 saturated carbocycles. The smallest absolute Gasteiger partial charge is 0.147 e. The van der Waals surface area contributed by atoms with E-state index in [2.05, 4.69) is 46.5 Å². The molecule has 6 heteroatoms. The maximum Gasteiger partial charge on any atom is 0.147 e. The molecule has 6 nitrogen and oxygen atoms in total. The zero-order valence-corrected chi connectivity index (χ0v) is 14.4. The van der Waals surface area contributed by atoms with Gasteiger partial charge in [-0.05, 0) is 37.0 Å². The summed E-state index contributed by atoms with van der Waals surface area (Å²) in [7, 11) is 0. The largest absolute Gasteiger partial charge is 0.390 e. The number of benzene rings is 1. The summed E-state index contributed by atoms with van der Waals surface area (Å²) in [6.07, 6.45) is 4.98. The maximum absolute atomic E-state index is 9.93. The molecule has 0 unspecified atom stereocenters. The number of aromatic nitrogens is 3. The SMILES string of the molecule is [CH2][C@@H]1O[C@@H](n2ccc3c(N[C@H]4CCc5ccccc54)ncnc32)C[C@@H]1O. The first-order valence-electron chi connectivity index (χ1n) is 9.03. The van der Waals surface area contributed by atoms with Crippen molar-refractivity contribution in [2.45, 2.75) is 43.7 Å². The van der Waals surface area contributed by atoms with E-state index in [1.165, 1.54) is 11.1 Å². The summed E-state index contributed by atoms with van der Waals surface area (Å²) in [6.45, 7) is 3.84. The van der Waals surface area contributed by atoms with Crippen LogP contribution in [0.1, 0.15) is 36.2 Å². The van der Waals surface area contributed by atoms with Gasteiger partial charge in [0.1, 0.15) is 24.0 Å². The first kappa shape index (κ1) is 15.8. The zero-order chi connectivity index (χ0) is 17.7. The van der Waals surface area contributed by atoms with E-state index in [4.69, 9.17) is 4.74 Å². The van der Waals surface area contributed by atoms with Gasteiger partial charge in [-0.15, -0.1) is 0 Å². The fraction of sp³-hybridized carbons (Fsp3) is 0.350. The number of anilines is 1. The van der Waals surface area contributed by atoms with Crippen LogP contribution in [0.4, 0.5) is 5.82 Å². The number of nitrogens with zero attached hydrogens (tertiary/aromatic N) is 3. The molecule has 133 valence electrons. The first-order chi connectivity index (χ1) is 12.7. The summed E-state index contributed by atoms with van der Waals surface area (Å²) in [4.78, 5) is 8.92. The quantitative estimate of drug-likeness (QED) is 0.760. The monoisotopic (exact) mass is 349 g/mol. The van der Waals surface area contributed by atoms with Crippen LogP contribution in [-0.4, -0.2) is 31.8 Å². The van der Waals surface area contributed by atoms with Crippen molar-refractivity contribution in [1.82, 2.24) is 14.5 Å². The normalized spacial score (nSPS) is 27.8. The van der Waals surface area contributed by atoms with Crippen molar-refractivity contribution in [3.8, 4) is 0 Å². The number of aryl methyl sites for hydroxylation is 1. The molecule has 0 spiro atoms. The fourth-order valence-corrected chi connectivity index (χ4v) is 4.08. The van der Waals surface area contributed by atoms with Crippen LogP contribution in [0.5, 0.6) is 0 Å². The van der Waals surface area contributed by atoms with Crippen molar-refractivity contribution in [3.63, 3.8) is 0 Å². The van der Waals surface area contributed by atoms with Crippen LogP contribution < -0.4 is 5.32 Å². The second kappa shape index (κ2) is 6.07. The van der Waals surface area contributed by atoms with Gasteiger partial charge in [-0.25, -0.2) is 9.97 Å². The summed E-state index contributed by atoms with van der Waals surface area (Å²) in [6, 6.07) is 10.8. The Morgan fingerprint density at radius 3 is 2.96 bits per heavy atom. The predicted octanol–water partition coefficient (Wildman–Crippen LogP) is 3.01. The maximum atomic E-state index is 9.93. The lowest BCUT2D eigenvalue weighted by molar-refractivity contribution is 0.00776. The summed E-state index contributed by atoms with van der Waals surface area (Å²) >= 11 is 0. The summed E-state index contributed by atoms with van der Waals surface area (Å²) in [5.74, 6) is 0.833. The first-order valence-corrected chi connectivity index (χ1v) is 9.03. The minimum atomic E-state index is -0.549. The van der Waals surface area contributed by atoms with E-state index >= 15 is 0 Å². The second-order valence-corrected chi connectivity index (χ2v) is 7.05. The van der Waals surface area contributed by atoms with Gasteiger partial charge in [0.25, 0.3) is 0 Å². The van der Waals surface area contributed by atoms with Crippen LogP contribution in [0.25, 0.3) is 11.0 Å². The van der Waals surface area contributed by atoms with E-state index in [1.807, 2.05) is 16.8 Å². The van der Waals surface area contributed by atoms with E-state index in [0.717, 1.165) is 29.7 Å². The molecule has 1 radical (unpaired) electrons. The number of hydrogen-bond donors (Lipinski definition) is 2. The van der Waals surface area contributed by atoms with Crippen LogP contribution in [-0.2, 0) is 11.2 Å². The van der Waals surface area contributed by atoms with E-state index in [9.17, 15) is 5.11 Å². The Kier molecular flexibility index (Phi) is 3.69. The molecule has 2 aromatic heterocycles. The van der Waals surface area contributed by atoms with Crippen molar-refractivity contribution < 1.29 is 9.84 Å². The van der Waals surface area contributed by atoms with E-state index in [0.29, 0.717) is 6.42 Å². The summed E-state index contributed by atoms with van der Waals surface area (Å²) < 4.78 is 7.72. The van der Waals surface area contributed by atoms with Gasteiger partial charge in [0.2, 0.25) is 0 Å². The number of aliphatic hydroxyl groups excluding tert-OH is 1. The number of hydrogen-bond acceptors (Lipinski definition) is 5. The Morgan fingerprint density at radius 1 is 1.23 bits per heavy atom. The summed E-state index contributed by atoms with van der Waals surface area (Å²) in [5.41, 5.74) is 3.56. The van der Waals surface area contributed by atoms with Crippen LogP contribution >= 0.6 is 0 Å².